The number of hydrogen-bond donors (Lipinski definition) is 1. The van der Waals surface area contributed by atoms with E-state index < -0.39 is 0 Å². The fourth-order valence-corrected chi connectivity index (χ4v) is 5.47. The van der Waals surface area contributed by atoms with E-state index in [0.29, 0.717) is 25.1 Å². The molecule has 6 bridgehead atoms. The Hall–Kier alpha value is -2.42. The van der Waals surface area contributed by atoms with Gasteiger partial charge in [-0.25, -0.2) is 4.98 Å². The first-order valence-electron chi connectivity index (χ1n) is 14.2. The van der Waals surface area contributed by atoms with E-state index >= 15 is 0 Å². The number of likely N-dealkylation sites (tertiary alicyclic amines) is 1. The molecule has 5 heterocycles. The van der Waals surface area contributed by atoms with Crippen LogP contribution in [0.25, 0.3) is 0 Å². The van der Waals surface area contributed by atoms with Gasteiger partial charge in [-0.15, -0.1) is 0 Å². The van der Waals surface area contributed by atoms with E-state index in [9.17, 15) is 0 Å². The van der Waals surface area contributed by atoms with Crippen molar-refractivity contribution in [2.45, 2.75) is 58.5 Å². The molecule has 0 spiro atoms. The SMILES string of the molecule is Cc1cnc2nc1N1CCC(CC1)COCCCCOCc1cc(ccc1OCCN1CCCCC1)N2. The minimum atomic E-state index is 0.519. The Bertz CT molecular complexity index is 990. The molecule has 2 fully saturated rings. The van der Waals surface area contributed by atoms with Gasteiger partial charge in [0.05, 0.1) is 6.61 Å². The molecule has 8 nitrogen and oxygen atoms in total. The average molecular weight is 510 g/mol. The summed E-state index contributed by atoms with van der Waals surface area (Å²) in [7, 11) is 0. The van der Waals surface area contributed by atoms with E-state index in [1.54, 1.807) is 0 Å². The summed E-state index contributed by atoms with van der Waals surface area (Å²) in [6.07, 6.45) is 10.2. The highest BCUT2D eigenvalue weighted by Crippen LogP contribution is 2.28. The van der Waals surface area contributed by atoms with Gasteiger partial charge in [0.25, 0.3) is 0 Å². The predicted molar refractivity (Wildman–Crippen MR) is 147 cm³/mol. The third-order valence-electron chi connectivity index (χ3n) is 7.73. The van der Waals surface area contributed by atoms with Crippen LogP contribution in [0.2, 0.25) is 0 Å². The average Bonchev–Trinajstić information content (AvgIpc) is 2.93. The van der Waals surface area contributed by atoms with Gasteiger partial charge in [-0.2, -0.15) is 4.98 Å². The quantitative estimate of drug-likeness (QED) is 0.622. The molecule has 1 N–H and O–H groups in total. The van der Waals surface area contributed by atoms with Gasteiger partial charge in [-0.3, -0.25) is 4.90 Å². The number of aryl methyl sites for hydroxylation is 1. The summed E-state index contributed by atoms with van der Waals surface area (Å²) < 4.78 is 18.3. The number of rotatable bonds is 4. The topological polar surface area (TPSA) is 72.0 Å². The molecule has 1 aromatic heterocycles. The van der Waals surface area contributed by atoms with E-state index in [4.69, 9.17) is 19.2 Å². The zero-order valence-corrected chi connectivity index (χ0v) is 22.4. The fraction of sp³-hybridized carbons (Fsp3) is 0.655. The monoisotopic (exact) mass is 509 g/mol. The Morgan fingerprint density at radius 2 is 1.81 bits per heavy atom. The molecule has 6 rings (SSSR count). The Kier molecular flexibility index (Phi) is 9.49. The maximum Gasteiger partial charge on any atom is 0.229 e. The minimum Gasteiger partial charge on any atom is -0.492 e. The zero-order chi connectivity index (χ0) is 25.3. The van der Waals surface area contributed by atoms with Crippen LogP contribution in [0.15, 0.2) is 24.4 Å². The number of hydrogen-bond acceptors (Lipinski definition) is 8. The van der Waals surface area contributed by atoms with Crippen LogP contribution >= 0.6 is 0 Å². The molecule has 0 atom stereocenters. The molecule has 0 radical (unpaired) electrons. The number of benzene rings is 1. The first-order chi connectivity index (χ1) is 18.2. The number of nitrogens with zero attached hydrogens (tertiary/aromatic N) is 4. The maximum absolute atomic E-state index is 6.25. The number of aromatic nitrogens is 2. The van der Waals surface area contributed by atoms with Crippen LogP contribution in [-0.4, -0.2) is 74.0 Å². The van der Waals surface area contributed by atoms with Gasteiger partial charge in [0.15, 0.2) is 0 Å². The van der Waals surface area contributed by atoms with Crippen molar-refractivity contribution in [1.29, 1.82) is 0 Å². The van der Waals surface area contributed by atoms with Crippen LogP contribution in [0, 0.1) is 12.8 Å². The highest BCUT2D eigenvalue weighted by atomic mass is 16.5. The van der Waals surface area contributed by atoms with Gasteiger partial charge < -0.3 is 24.4 Å². The molecule has 202 valence electrons. The largest absolute Gasteiger partial charge is 0.492 e. The molecule has 4 aliphatic heterocycles. The van der Waals surface area contributed by atoms with Gasteiger partial charge >= 0.3 is 0 Å². The molecular weight excluding hydrogens is 466 g/mol. The fourth-order valence-electron chi connectivity index (χ4n) is 5.47. The van der Waals surface area contributed by atoms with Crippen molar-refractivity contribution in [3.05, 3.63) is 35.5 Å². The zero-order valence-electron chi connectivity index (χ0n) is 22.4. The molecule has 2 aromatic rings. The maximum atomic E-state index is 6.25. The Labute approximate surface area is 221 Å². The highest BCUT2D eigenvalue weighted by molar-refractivity contribution is 5.59. The summed E-state index contributed by atoms with van der Waals surface area (Å²) in [6.45, 7) is 11.0. The Morgan fingerprint density at radius 3 is 2.65 bits per heavy atom. The normalized spacial score (nSPS) is 20.5. The van der Waals surface area contributed by atoms with Crippen molar-refractivity contribution in [3.63, 3.8) is 0 Å². The lowest BCUT2D eigenvalue weighted by Gasteiger charge is -2.33. The standard InChI is InChI=1S/C29H43N5O3/c1-23-20-30-29-31-26-7-8-27(37-18-15-33-11-3-2-4-12-33)25(19-26)22-36-17-6-5-16-35-21-24-9-13-34(14-10-24)28(23)32-29/h7-8,19-20,24H,2-6,9-18,21-22H2,1H3,(H,30,31,32). The van der Waals surface area contributed by atoms with Crippen LogP contribution in [0.5, 0.6) is 5.75 Å². The summed E-state index contributed by atoms with van der Waals surface area (Å²) in [6, 6.07) is 6.21. The lowest BCUT2D eigenvalue weighted by molar-refractivity contribution is 0.0735. The van der Waals surface area contributed by atoms with Gasteiger partial charge in [0.2, 0.25) is 5.95 Å². The van der Waals surface area contributed by atoms with E-state index in [0.717, 1.165) is 93.5 Å². The van der Waals surface area contributed by atoms with Crippen LogP contribution in [-0.2, 0) is 16.1 Å². The predicted octanol–water partition coefficient (Wildman–Crippen LogP) is 4.94. The van der Waals surface area contributed by atoms with Crippen LogP contribution in [0.1, 0.15) is 56.1 Å². The Balaban J connectivity index is 1.30. The molecule has 1 aromatic carbocycles. The van der Waals surface area contributed by atoms with Crippen molar-refractivity contribution >= 4 is 17.5 Å². The number of nitrogens with one attached hydrogen (secondary N) is 1. The summed E-state index contributed by atoms with van der Waals surface area (Å²) in [5, 5.41) is 3.43. The minimum absolute atomic E-state index is 0.519. The molecular formula is C29H43N5O3. The molecule has 0 saturated carbocycles. The van der Waals surface area contributed by atoms with E-state index in [2.05, 4.69) is 33.1 Å². The van der Waals surface area contributed by atoms with E-state index in [1.807, 2.05) is 18.3 Å². The van der Waals surface area contributed by atoms with Gasteiger partial charge in [0, 0.05) is 62.5 Å². The number of piperidine rings is 2. The van der Waals surface area contributed by atoms with Gasteiger partial charge in [-0.05, 0) is 82.7 Å². The second-order valence-corrected chi connectivity index (χ2v) is 10.7. The molecule has 0 unspecified atom stereocenters. The Morgan fingerprint density at radius 1 is 1.00 bits per heavy atom. The summed E-state index contributed by atoms with van der Waals surface area (Å²) in [5.41, 5.74) is 3.10. The summed E-state index contributed by atoms with van der Waals surface area (Å²) in [4.78, 5) is 14.4. The van der Waals surface area contributed by atoms with E-state index in [-0.39, 0.29) is 0 Å². The first-order valence-corrected chi connectivity index (χ1v) is 14.2. The number of ether oxygens (including phenoxy) is 3. The molecule has 2 saturated heterocycles. The van der Waals surface area contributed by atoms with Crippen LogP contribution in [0.4, 0.5) is 17.5 Å². The highest BCUT2D eigenvalue weighted by Gasteiger charge is 2.22. The molecule has 4 aliphatic rings. The lowest BCUT2D eigenvalue weighted by Crippen LogP contribution is -2.36. The molecule has 0 amide bonds. The summed E-state index contributed by atoms with van der Waals surface area (Å²) in [5.74, 6) is 3.17. The summed E-state index contributed by atoms with van der Waals surface area (Å²) >= 11 is 0. The first kappa shape index (κ1) is 26.2. The third-order valence-corrected chi connectivity index (χ3v) is 7.73. The van der Waals surface area contributed by atoms with Crippen molar-refractivity contribution in [3.8, 4) is 5.75 Å². The molecule has 0 aliphatic carbocycles. The van der Waals surface area contributed by atoms with Crippen LogP contribution in [0.3, 0.4) is 0 Å². The van der Waals surface area contributed by atoms with Gasteiger partial charge in [0.1, 0.15) is 18.2 Å². The number of anilines is 3. The third kappa shape index (κ3) is 7.55. The van der Waals surface area contributed by atoms with E-state index in [1.165, 1.54) is 32.4 Å². The second-order valence-electron chi connectivity index (χ2n) is 10.7. The molecule has 8 heteroatoms. The van der Waals surface area contributed by atoms with Crippen LogP contribution < -0.4 is 15.0 Å². The number of fused-ring (bicyclic) bond motifs is 9. The molecule has 37 heavy (non-hydrogen) atoms. The second kappa shape index (κ2) is 13.4. The van der Waals surface area contributed by atoms with Crippen molar-refractivity contribution in [1.82, 2.24) is 14.9 Å². The van der Waals surface area contributed by atoms with Crippen molar-refractivity contribution in [2.24, 2.45) is 5.92 Å². The van der Waals surface area contributed by atoms with Gasteiger partial charge in [-0.1, -0.05) is 6.42 Å². The smallest absolute Gasteiger partial charge is 0.229 e. The van der Waals surface area contributed by atoms with Crippen molar-refractivity contribution in [2.75, 3.05) is 69.4 Å². The van der Waals surface area contributed by atoms with Crippen molar-refractivity contribution < 1.29 is 14.2 Å². The lowest BCUT2D eigenvalue weighted by atomic mass is 9.97.